The van der Waals surface area contributed by atoms with Crippen LogP contribution in [0.15, 0.2) is 0 Å². The van der Waals surface area contributed by atoms with Gasteiger partial charge in [-0.15, -0.1) is 0 Å². The van der Waals surface area contributed by atoms with Gasteiger partial charge in [0.1, 0.15) is 0 Å². The van der Waals surface area contributed by atoms with Crippen molar-refractivity contribution in [3.63, 3.8) is 0 Å². The fourth-order valence-corrected chi connectivity index (χ4v) is 1.39. The van der Waals surface area contributed by atoms with E-state index >= 15 is 0 Å². The Bertz CT molecular complexity index is 115. The summed E-state index contributed by atoms with van der Waals surface area (Å²) in [5.41, 5.74) is 0. The molecule has 4 nitrogen and oxygen atoms in total. The van der Waals surface area contributed by atoms with Crippen LogP contribution in [0.3, 0.4) is 0 Å². The van der Waals surface area contributed by atoms with Crippen LogP contribution in [-0.2, 0) is 9.47 Å². The predicted molar refractivity (Wildman–Crippen MR) is 58.7 cm³/mol. The van der Waals surface area contributed by atoms with E-state index < -0.39 is 0 Å². The third kappa shape index (κ3) is 6.32. The standard InChI is InChI=1S/C10H24N2O2/c1-10(9-11-2)12(5-7-13-3)6-8-14-4/h10-11H,5-9H2,1-4H3. The second-order valence-corrected chi connectivity index (χ2v) is 3.43. The van der Waals surface area contributed by atoms with Gasteiger partial charge in [0.25, 0.3) is 0 Å². The summed E-state index contributed by atoms with van der Waals surface area (Å²) in [6.07, 6.45) is 0. The summed E-state index contributed by atoms with van der Waals surface area (Å²) in [5.74, 6) is 0. The van der Waals surface area contributed by atoms with E-state index in [1.807, 2.05) is 7.05 Å². The summed E-state index contributed by atoms with van der Waals surface area (Å²) in [6, 6.07) is 0.519. The molecule has 0 bridgehead atoms. The Morgan fingerprint density at radius 1 is 1.14 bits per heavy atom. The summed E-state index contributed by atoms with van der Waals surface area (Å²) >= 11 is 0. The highest BCUT2D eigenvalue weighted by molar-refractivity contribution is 4.68. The Hall–Kier alpha value is -0.160. The van der Waals surface area contributed by atoms with Gasteiger partial charge in [-0.2, -0.15) is 0 Å². The molecule has 0 aliphatic heterocycles. The molecule has 0 spiro atoms. The summed E-state index contributed by atoms with van der Waals surface area (Å²) in [7, 11) is 5.44. The molecule has 1 N–H and O–H groups in total. The van der Waals surface area contributed by atoms with E-state index in [0.717, 1.165) is 32.8 Å². The second-order valence-electron chi connectivity index (χ2n) is 3.43. The SMILES string of the molecule is CNCC(C)N(CCOC)CCOC. The minimum absolute atomic E-state index is 0.519. The van der Waals surface area contributed by atoms with Crippen LogP contribution < -0.4 is 5.32 Å². The molecule has 0 aromatic heterocycles. The minimum atomic E-state index is 0.519. The Kier molecular flexibility index (Phi) is 9.29. The predicted octanol–water partition coefficient (Wildman–Crippen LogP) is 0.189. The average molecular weight is 204 g/mol. The van der Waals surface area contributed by atoms with Crippen LogP contribution in [0, 0.1) is 0 Å². The first-order valence-corrected chi connectivity index (χ1v) is 5.12. The molecular formula is C10H24N2O2. The van der Waals surface area contributed by atoms with Gasteiger partial charge >= 0.3 is 0 Å². The topological polar surface area (TPSA) is 33.7 Å². The first kappa shape index (κ1) is 13.8. The number of nitrogens with zero attached hydrogens (tertiary/aromatic N) is 1. The Morgan fingerprint density at radius 2 is 1.64 bits per heavy atom. The molecule has 14 heavy (non-hydrogen) atoms. The third-order valence-electron chi connectivity index (χ3n) is 2.29. The van der Waals surface area contributed by atoms with Crippen molar-refractivity contribution in [2.45, 2.75) is 13.0 Å². The van der Waals surface area contributed by atoms with Gasteiger partial charge in [0.15, 0.2) is 0 Å². The maximum Gasteiger partial charge on any atom is 0.0589 e. The number of rotatable bonds is 9. The number of nitrogens with one attached hydrogen (secondary N) is 1. The van der Waals surface area contributed by atoms with Crippen LogP contribution in [0.25, 0.3) is 0 Å². The molecule has 0 aromatic rings. The molecule has 1 unspecified atom stereocenters. The zero-order chi connectivity index (χ0) is 10.8. The quantitative estimate of drug-likeness (QED) is 0.581. The molecule has 0 aliphatic rings. The summed E-state index contributed by atoms with van der Waals surface area (Å²) in [4.78, 5) is 2.36. The van der Waals surface area contributed by atoms with Crippen LogP contribution in [-0.4, -0.2) is 65.1 Å². The van der Waals surface area contributed by atoms with Crippen LogP contribution in [0.2, 0.25) is 0 Å². The van der Waals surface area contributed by atoms with Gasteiger partial charge in [-0.3, -0.25) is 4.90 Å². The minimum Gasteiger partial charge on any atom is -0.383 e. The highest BCUT2D eigenvalue weighted by Crippen LogP contribution is 1.97. The number of likely N-dealkylation sites (N-methyl/N-ethyl adjacent to an activating group) is 1. The Morgan fingerprint density at radius 3 is 2.00 bits per heavy atom. The van der Waals surface area contributed by atoms with Crippen molar-refractivity contribution >= 4 is 0 Å². The van der Waals surface area contributed by atoms with E-state index in [9.17, 15) is 0 Å². The molecule has 0 fully saturated rings. The van der Waals surface area contributed by atoms with Gasteiger partial charge in [0, 0.05) is 39.9 Å². The smallest absolute Gasteiger partial charge is 0.0589 e. The number of methoxy groups -OCH3 is 2. The van der Waals surface area contributed by atoms with Crippen LogP contribution >= 0.6 is 0 Å². The van der Waals surface area contributed by atoms with E-state index in [2.05, 4.69) is 17.1 Å². The summed E-state index contributed by atoms with van der Waals surface area (Å²) < 4.78 is 10.2. The van der Waals surface area contributed by atoms with Gasteiger partial charge in [-0.05, 0) is 14.0 Å². The first-order valence-electron chi connectivity index (χ1n) is 5.12. The molecule has 0 saturated carbocycles. The summed E-state index contributed by atoms with van der Waals surface area (Å²) in [5, 5.41) is 3.18. The van der Waals surface area contributed by atoms with Crippen molar-refractivity contribution in [2.24, 2.45) is 0 Å². The van der Waals surface area contributed by atoms with Crippen molar-refractivity contribution in [2.75, 3.05) is 54.1 Å². The number of ether oxygens (including phenoxy) is 2. The molecule has 0 rings (SSSR count). The molecular weight excluding hydrogens is 180 g/mol. The Labute approximate surface area is 87.6 Å². The number of hydrogen-bond acceptors (Lipinski definition) is 4. The summed E-state index contributed by atoms with van der Waals surface area (Å²) in [6.45, 7) is 6.68. The molecule has 0 saturated heterocycles. The largest absolute Gasteiger partial charge is 0.383 e. The van der Waals surface area contributed by atoms with E-state index in [-0.39, 0.29) is 0 Å². The number of hydrogen-bond donors (Lipinski definition) is 1. The van der Waals surface area contributed by atoms with Crippen molar-refractivity contribution in [3.05, 3.63) is 0 Å². The maximum atomic E-state index is 5.08. The van der Waals surface area contributed by atoms with Gasteiger partial charge in [-0.1, -0.05) is 0 Å². The molecule has 0 aromatic carbocycles. The Balaban J connectivity index is 3.81. The third-order valence-corrected chi connectivity index (χ3v) is 2.29. The zero-order valence-corrected chi connectivity index (χ0v) is 9.88. The van der Waals surface area contributed by atoms with Crippen LogP contribution in [0.5, 0.6) is 0 Å². The van der Waals surface area contributed by atoms with Gasteiger partial charge in [-0.25, -0.2) is 0 Å². The monoisotopic (exact) mass is 204 g/mol. The normalized spacial score (nSPS) is 13.5. The highest BCUT2D eigenvalue weighted by Gasteiger charge is 2.11. The second kappa shape index (κ2) is 9.40. The van der Waals surface area contributed by atoms with Gasteiger partial charge in [0.05, 0.1) is 13.2 Å². The van der Waals surface area contributed by atoms with E-state index in [0.29, 0.717) is 6.04 Å². The average Bonchev–Trinajstić information content (AvgIpc) is 2.18. The first-order chi connectivity index (χ1) is 6.76. The molecule has 0 radical (unpaired) electrons. The lowest BCUT2D eigenvalue weighted by atomic mass is 10.2. The zero-order valence-electron chi connectivity index (χ0n) is 9.88. The van der Waals surface area contributed by atoms with Crippen molar-refractivity contribution < 1.29 is 9.47 Å². The van der Waals surface area contributed by atoms with Crippen molar-refractivity contribution in [3.8, 4) is 0 Å². The van der Waals surface area contributed by atoms with Gasteiger partial charge < -0.3 is 14.8 Å². The lowest BCUT2D eigenvalue weighted by molar-refractivity contribution is 0.0922. The van der Waals surface area contributed by atoms with E-state index in [4.69, 9.17) is 9.47 Å². The van der Waals surface area contributed by atoms with Gasteiger partial charge in [0.2, 0.25) is 0 Å². The molecule has 0 amide bonds. The molecule has 1 atom stereocenters. The maximum absolute atomic E-state index is 5.08. The van der Waals surface area contributed by atoms with Crippen molar-refractivity contribution in [1.29, 1.82) is 0 Å². The molecule has 0 aliphatic carbocycles. The van der Waals surface area contributed by atoms with Crippen LogP contribution in [0.1, 0.15) is 6.92 Å². The molecule has 86 valence electrons. The molecule has 4 heteroatoms. The lowest BCUT2D eigenvalue weighted by Crippen LogP contribution is -2.42. The van der Waals surface area contributed by atoms with E-state index in [1.54, 1.807) is 14.2 Å². The highest BCUT2D eigenvalue weighted by atomic mass is 16.5. The molecule has 0 heterocycles. The fourth-order valence-electron chi connectivity index (χ4n) is 1.39. The fraction of sp³-hybridized carbons (Fsp3) is 1.00. The van der Waals surface area contributed by atoms with Crippen molar-refractivity contribution in [1.82, 2.24) is 10.2 Å². The van der Waals surface area contributed by atoms with E-state index in [1.165, 1.54) is 0 Å². The lowest BCUT2D eigenvalue weighted by Gasteiger charge is -2.28. The van der Waals surface area contributed by atoms with Crippen LogP contribution in [0.4, 0.5) is 0 Å².